The van der Waals surface area contributed by atoms with Gasteiger partial charge in [0, 0.05) is 0 Å². The second-order valence-corrected chi connectivity index (χ2v) is 12.0. The molecule has 0 bridgehead atoms. The number of hydrogen-bond acceptors (Lipinski definition) is 0. The molecule has 0 aromatic heterocycles. The summed E-state index contributed by atoms with van der Waals surface area (Å²) in [5.74, 6) is 0. The van der Waals surface area contributed by atoms with E-state index < -0.39 is 0 Å². The Morgan fingerprint density at radius 2 is 1.09 bits per heavy atom. The first kappa shape index (κ1) is 28.6. The number of benzene rings is 7. The lowest BCUT2D eigenvalue weighted by atomic mass is 9.34. The van der Waals surface area contributed by atoms with Gasteiger partial charge in [-0.15, -0.1) is 0 Å². The third kappa shape index (κ3) is 5.40. The third-order valence-corrected chi connectivity index (χ3v) is 9.18. The predicted molar refractivity (Wildman–Crippen MR) is 200 cm³/mol. The lowest BCUT2D eigenvalue weighted by Crippen LogP contribution is -2.54. The summed E-state index contributed by atoms with van der Waals surface area (Å²) in [5, 5.41) is 7.71. The van der Waals surface area contributed by atoms with E-state index in [1.165, 1.54) is 76.5 Å². The molecule has 0 radical (unpaired) electrons. The van der Waals surface area contributed by atoms with Crippen molar-refractivity contribution in [3.05, 3.63) is 168 Å². The summed E-state index contributed by atoms with van der Waals surface area (Å²) in [6, 6.07) is 49.4. The van der Waals surface area contributed by atoms with Gasteiger partial charge in [0.05, 0.1) is 0 Å². The predicted octanol–water partition coefficient (Wildman–Crippen LogP) is 9.93. The van der Waals surface area contributed by atoms with Crippen LogP contribution in [-0.4, -0.2) is 6.71 Å². The highest BCUT2D eigenvalue weighted by molar-refractivity contribution is 6.98. The Morgan fingerprint density at radius 1 is 0.533 bits per heavy atom. The summed E-state index contributed by atoms with van der Waals surface area (Å²) in [6.07, 6.45) is 9.80. The van der Waals surface area contributed by atoms with Crippen molar-refractivity contribution in [1.82, 2.24) is 0 Å². The van der Waals surface area contributed by atoms with Crippen LogP contribution < -0.4 is 16.4 Å². The van der Waals surface area contributed by atoms with Crippen molar-refractivity contribution >= 4 is 61.5 Å². The van der Waals surface area contributed by atoms with Crippen LogP contribution in [-0.2, 0) is 0 Å². The van der Waals surface area contributed by atoms with Crippen LogP contribution in [0.3, 0.4) is 0 Å². The number of aryl methyl sites for hydroxylation is 2. The summed E-state index contributed by atoms with van der Waals surface area (Å²) in [6.45, 7) is 6.78. The zero-order chi connectivity index (χ0) is 30.8. The molecule has 0 heterocycles. The SMILES string of the molecule is CC/C=C\C=C/c1ccc2ccccc2c1-c1cccc(B(c2c(C)ccc3ccccc23)c2c(C)ccc3ccccc23)c1. The van der Waals surface area contributed by atoms with E-state index in [4.69, 9.17) is 0 Å². The molecule has 0 aliphatic carbocycles. The zero-order valence-corrected chi connectivity index (χ0v) is 26.3. The van der Waals surface area contributed by atoms with Crippen LogP contribution in [0.15, 0.2) is 152 Å². The van der Waals surface area contributed by atoms with E-state index in [0.717, 1.165) is 6.42 Å². The minimum absolute atomic E-state index is 0.0589. The molecule has 0 fully saturated rings. The molecule has 0 aliphatic rings. The van der Waals surface area contributed by atoms with E-state index in [1.807, 2.05) is 0 Å². The number of hydrogen-bond donors (Lipinski definition) is 0. The second-order valence-electron chi connectivity index (χ2n) is 12.0. The molecule has 0 aliphatic heterocycles. The Labute approximate surface area is 267 Å². The standard InChI is InChI=1S/C44H37B/c1-4-5-6-7-18-36-29-28-33-15-8-11-21-39(33)42(36)37-19-14-20-38(30-37)45(43-31(2)24-26-34-16-9-12-22-40(34)43)44-32(3)25-27-35-17-10-13-23-41(35)44/h5-30H,4H2,1-3H3/b6-5-,18-7-. The molecule has 0 amide bonds. The normalized spacial score (nSPS) is 11.8. The summed E-state index contributed by atoms with van der Waals surface area (Å²) in [4.78, 5) is 0. The van der Waals surface area contributed by atoms with E-state index in [9.17, 15) is 0 Å². The van der Waals surface area contributed by atoms with Crippen molar-refractivity contribution in [2.45, 2.75) is 27.2 Å². The maximum absolute atomic E-state index is 2.45. The van der Waals surface area contributed by atoms with E-state index in [2.05, 4.69) is 179 Å². The molecule has 7 aromatic carbocycles. The van der Waals surface area contributed by atoms with Crippen LogP contribution in [0.5, 0.6) is 0 Å². The second kappa shape index (κ2) is 12.5. The van der Waals surface area contributed by atoms with Crippen molar-refractivity contribution in [2.24, 2.45) is 0 Å². The summed E-state index contributed by atoms with van der Waals surface area (Å²) < 4.78 is 0. The average molecular weight is 577 g/mol. The van der Waals surface area contributed by atoms with Crippen molar-refractivity contribution < 1.29 is 0 Å². The maximum Gasteiger partial charge on any atom is 0.243 e. The third-order valence-electron chi connectivity index (χ3n) is 9.18. The fourth-order valence-electron chi connectivity index (χ4n) is 7.05. The van der Waals surface area contributed by atoms with Gasteiger partial charge in [0.2, 0.25) is 6.71 Å². The van der Waals surface area contributed by atoms with Crippen molar-refractivity contribution in [3.63, 3.8) is 0 Å². The van der Waals surface area contributed by atoms with Gasteiger partial charge < -0.3 is 0 Å². The molecule has 0 atom stereocenters. The molecule has 7 rings (SSSR count). The Morgan fingerprint density at radius 3 is 1.71 bits per heavy atom. The zero-order valence-electron chi connectivity index (χ0n) is 26.3. The number of allylic oxidation sites excluding steroid dienone is 3. The van der Waals surface area contributed by atoms with E-state index in [1.54, 1.807) is 0 Å². The van der Waals surface area contributed by atoms with Gasteiger partial charge in [0.1, 0.15) is 0 Å². The maximum atomic E-state index is 2.45. The van der Waals surface area contributed by atoms with Crippen LogP contribution in [0.4, 0.5) is 0 Å². The highest BCUT2D eigenvalue weighted by Crippen LogP contribution is 2.33. The fraction of sp³-hybridized carbons (Fsp3) is 0.0909. The molecule has 0 unspecified atom stereocenters. The topological polar surface area (TPSA) is 0 Å². The molecule has 1 heteroatoms. The van der Waals surface area contributed by atoms with Gasteiger partial charge in [-0.2, -0.15) is 0 Å². The van der Waals surface area contributed by atoms with Crippen LogP contribution in [0.25, 0.3) is 49.5 Å². The van der Waals surface area contributed by atoms with Crippen LogP contribution in [0.2, 0.25) is 0 Å². The smallest absolute Gasteiger partial charge is 0.0848 e. The minimum Gasteiger partial charge on any atom is -0.0848 e. The fourth-order valence-corrected chi connectivity index (χ4v) is 7.05. The first-order valence-electron chi connectivity index (χ1n) is 16.1. The van der Waals surface area contributed by atoms with Crippen LogP contribution in [0.1, 0.15) is 30.0 Å². The van der Waals surface area contributed by atoms with Gasteiger partial charge in [-0.05, 0) is 69.3 Å². The number of rotatable bonds is 7. The Kier molecular flexibility index (Phi) is 7.93. The van der Waals surface area contributed by atoms with Gasteiger partial charge >= 0.3 is 0 Å². The minimum atomic E-state index is 0.0589. The van der Waals surface area contributed by atoms with E-state index >= 15 is 0 Å². The Bertz CT molecular complexity index is 2150. The van der Waals surface area contributed by atoms with Crippen molar-refractivity contribution in [1.29, 1.82) is 0 Å². The Hall–Kier alpha value is -5.14. The largest absolute Gasteiger partial charge is 0.243 e. The van der Waals surface area contributed by atoms with Crippen LogP contribution in [0, 0.1) is 13.8 Å². The summed E-state index contributed by atoms with van der Waals surface area (Å²) in [7, 11) is 0. The quantitative estimate of drug-likeness (QED) is 0.131. The Balaban J connectivity index is 1.53. The van der Waals surface area contributed by atoms with Gasteiger partial charge in [0.15, 0.2) is 0 Å². The van der Waals surface area contributed by atoms with Gasteiger partial charge in [-0.1, -0.05) is 192 Å². The number of fused-ring (bicyclic) bond motifs is 3. The lowest BCUT2D eigenvalue weighted by Gasteiger charge is -2.24. The molecule has 45 heavy (non-hydrogen) atoms. The molecular weight excluding hydrogens is 539 g/mol. The van der Waals surface area contributed by atoms with Crippen LogP contribution >= 0.6 is 0 Å². The first-order chi connectivity index (χ1) is 22.1. The molecule has 0 N–H and O–H groups in total. The molecule has 0 spiro atoms. The van der Waals surface area contributed by atoms with Gasteiger partial charge in [-0.25, -0.2) is 0 Å². The highest BCUT2D eigenvalue weighted by atomic mass is 14.1. The molecule has 216 valence electrons. The van der Waals surface area contributed by atoms with E-state index in [-0.39, 0.29) is 6.71 Å². The summed E-state index contributed by atoms with van der Waals surface area (Å²) in [5.41, 5.74) is 10.4. The van der Waals surface area contributed by atoms with Gasteiger partial charge in [-0.3, -0.25) is 0 Å². The molecule has 7 aromatic rings. The first-order valence-corrected chi connectivity index (χ1v) is 16.1. The monoisotopic (exact) mass is 576 g/mol. The van der Waals surface area contributed by atoms with Crippen molar-refractivity contribution in [2.75, 3.05) is 0 Å². The lowest BCUT2D eigenvalue weighted by molar-refractivity contribution is 1.22. The highest BCUT2D eigenvalue weighted by Gasteiger charge is 2.29. The van der Waals surface area contributed by atoms with Crippen molar-refractivity contribution in [3.8, 4) is 11.1 Å². The molecule has 0 nitrogen and oxygen atoms in total. The average Bonchev–Trinajstić information content (AvgIpc) is 3.08. The molecule has 0 saturated carbocycles. The van der Waals surface area contributed by atoms with Gasteiger partial charge in [0.25, 0.3) is 0 Å². The molecule has 0 saturated heterocycles. The van der Waals surface area contributed by atoms with E-state index in [0.29, 0.717) is 0 Å². The summed E-state index contributed by atoms with van der Waals surface area (Å²) >= 11 is 0. The molecular formula is C44H37B.